The van der Waals surface area contributed by atoms with E-state index in [1.165, 1.54) is 12.8 Å². The summed E-state index contributed by atoms with van der Waals surface area (Å²) in [4.78, 5) is 10.0. The Balaban J connectivity index is 0.000000150. The predicted octanol–water partition coefficient (Wildman–Crippen LogP) is 3.08. The molecule has 64 valence electrons. The molecule has 2 heteroatoms. The van der Waals surface area contributed by atoms with Crippen LogP contribution >= 0.6 is 22.6 Å². The van der Waals surface area contributed by atoms with Crippen LogP contribution in [0.25, 0.3) is 0 Å². The van der Waals surface area contributed by atoms with Gasteiger partial charge in [-0.25, -0.2) is 0 Å². The van der Waals surface area contributed by atoms with E-state index in [0.29, 0.717) is 0 Å². The minimum absolute atomic E-state index is 0.729. The number of alkyl halides is 1. The van der Waals surface area contributed by atoms with Gasteiger partial charge >= 0.3 is 0 Å². The fourth-order valence-electron chi connectivity index (χ4n) is 0.595. The summed E-state index contributed by atoms with van der Waals surface area (Å²) in [7, 11) is 0. The Morgan fingerprint density at radius 2 is 1.75 bits per heavy atom. The standard InChI is InChI=1S/C7H6O.C3H5I/c8-6-7-4-2-1-3-5-7;4-3-1-2-3/h1-6H;3H,1-2H2. The first-order valence-corrected chi connectivity index (χ1v) is 5.22. The molecule has 0 saturated heterocycles. The summed E-state index contributed by atoms with van der Waals surface area (Å²) in [5.41, 5.74) is 0.729. The lowest BCUT2D eigenvalue weighted by Gasteiger charge is -1.81. The van der Waals surface area contributed by atoms with Gasteiger partial charge in [0.05, 0.1) is 0 Å². The molecule has 12 heavy (non-hydrogen) atoms. The molecule has 1 aromatic carbocycles. The molecule has 0 amide bonds. The first-order valence-electron chi connectivity index (χ1n) is 3.97. The topological polar surface area (TPSA) is 17.1 Å². The summed E-state index contributed by atoms with van der Waals surface area (Å²) in [5.74, 6) is 0. The lowest BCUT2D eigenvalue weighted by molar-refractivity contribution is 0.112. The number of carbonyl (C=O) groups is 1. The van der Waals surface area contributed by atoms with E-state index in [0.717, 1.165) is 15.8 Å². The highest BCUT2D eigenvalue weighted by Gasteiger charge is 2.15. The van der Waals surface area contributed by atoms with Crippen molar-refractivity contribution in [3.63, 3.8) is 0 Å². The number of carbonyl (C=O) groups excluding carboxylic acids is 1. The van der Waals surface area contributed by atoms with Gasteiger partial charge in [-0.3, -0.25) is 4.79 Å². The molecule has 1 aliphatic carbocycles. The van der Waals surface area contributed by atoms with Gasteiger partial charge in [0, 0.05) is 9.49 Å². The highest BCUT2D eigenvalue weighted by Crippen LogP contribution is 2.28. The zero-order valence-corrected chi connectivity index (χ0v) is 8.90. The van der Waals surface area contributed by atoms with Gasteiger partial charge in [0.2, 0.25) is 0 Å². The van der Waals surface area contributed by atoms with Crippen LogP contribution in [0, 0.1) is 0 Å². The maximum absolute atomic E-state index is 10.0. The van der Waals surface area contributed by atoms with E-state index >= 15 is 0 Å². The quantitative estimate of drug-likeness (QED) is 0.437. The molecule has 2 rings (SSSR count). The van der Waals surface area contributed by atoms with Crippen molar-refractivity contribution in [3.8, 4) is 0 Å². The van der Waals surface area contributed by atoms with Gasteiger partial charge < -0.3 is 0 Å². The van der Waals surface area contributed by atoms with Crippen LogP contribution < -0.4 is 0 Å². The fraction of sp³-hybridized carbons (Fsp3) is 0.300. The molecule has 0 N–H and O–H groups in total. The third-order valence-corrected chi connectivity index (χ3v) is 2.69. The van der Waals surface area contributed by atoms with Crippen molar-refractivity contribution < 1.29 is 4.79 Å². The van der Waals surface area contributed by atoms with E-state index in [4.69, 9.17) is 0 Å². The van der Waals surface area contributed by atoms with Crippen LogP contribution in [0.3, 0.4) is 0 Å². The smallest absolute Gasteiger partial charge is 0.150 e. The maximum atomic E-state index is 10.0. The minimum Gasteiger partial charge on any atom is -0.298 e. The zero-order chi connectivity index (χ0) is 8.81. The molecule has 1 aromatic rings. The molecule has 0 radical (unpaired) electrons. The molecule has 0 aromatic heterocycles. The molecule has 1 nitrogen and oxygen atoms in total. The Bertz CT molecular complexity index is 229. The zero-order valence-electron chi connectivity index (χ0n) is 6.74. The van der Waals surface area contributed by atoms with E-state index < -0.39 is 0 Å². The second kappa shape index (κ2) is 5.30. The molecule has 0 atom stereocenters. The summed E-state index contributed by atoms with van der Waals surface area (Å²) in [6, 6.07) is 9.10. The Labute approximate surface area is 86.3 Å². The molecule has 0 spiro atoms. The summed E-state index contributed by atoms with van der Waals surface area (Å²) in [6.45, 7) is 0. The van der Waals surface area contributed by atoms with E-state index in [-0.39, 0.29) is 0 Å². The predicted molar refractivity (Wildman–Crippen MR) is 58.9 cm³/mol. The second-order valence-corrected chi connectivity index (χ2v) is 4.46. The van der Waals surface area contributed by atoms with E-state index in [2.05, 4.69) is 22.6 Å². The summed E-state index contributed by atoms with van der Waals surface area (Å²) in [5, 5.41) is 0. The lowest BCUT2D eigenvalue weighted by Crippen LogP contribution is -1.73. The van der Waals surface area contributed by atoms with Crippen LogP contribution in [-0.4, -0.2) is 10.2 Å². The molecule has 1 aliphatic rings. The van der Waals surface area contributed by atoms with E-state index in [1.807, 2.05) is 18.2 Å². The molecule has 1 fully saturated rings. The van der Waals surface area contributed by atoms with Crippen molar-refractivity contribution in [2.24, 2.45) is 0 Å². The Kier molecular flexibility index (Phi) is 4.29. The highest BCUT2D eigenvalue weighted by atomic mass is 127. The van der Waals surface area contributed by atoms with Gasteiger partial charge in [0.25, 0.3) is 0 Å². The lowest BCUT2D eigenvalue weighted by atomic mass is 10.2. The Morgan fingerprint density at radius 1 is 1.25 bits per heavy atom. The average Bonchev–Trinajstić information content (AvgIpc) is 2.90. The van der Waals surface area contributed by atoms with Crippen molar-refractivity contribution in [1.82, 2.24) is 0 Å². The van der Waals surface area contributed by atoms with Gasteiger partial charge in [0.1, 0.15) is 6.29 Å². The molecule has 0 bridgehead atoms. The van der Waals surface area contributed by atoms with Crippen molar-refractivity contribution in [2.45, 2.75) is 16.8 Å². The molecular formula is C10H11IO. The van der Waals surface area contributed by atoms with Crippen molar-refractivity contribution >= 4 is 28.9 Å². The van der Waals surface area contributed by atoms with Crippen LogP contribution in [0.2, 0.25) is 0 Å². The number of aldehydes is 1. The highest BCUT2D eigenvalue weighted by molar-refractivity contribution is 14.1. The summed E-state index contributed by atoms with van der Waals surface area (Å²) >= 11 is 2.45. The van der Waals surface area contributed by atoms with Gasteiger partial charge in [-0.15, -0.1) is 0 Å². The molecular weight excluding hydrogens is 263 g/mol. The monoisotopic (exact) mass is 274 g/mol. The van der Waals surface area contributed by atoms with Crippen molar-refractivity contribution in [3.05, 3.63) is 35.9 Å². The normalized spacial score (nSPS) is 14.4. The van der Waals surface area contributed by atoms with Gasteiger partial charge in [-0.05, 0) is 12.8 Å². The van der Waals surface area contributed by atoms with Crippen LogP contribution in [0.1, 0.15) is 23.2 Å². The molecule has 0 unspecified atom stereocenters. The first kappa shape index (κ1) is 9.71. The fourth-order valence-corrected chi connectivity index (χ4v) is 0.954. The van der Waals surface area contributed by atoms with E-state index in [1.54, 1.807) is 12.1 Å². The maximum Gasteiger partial charge on any atom is 0.150 e. The first-order chi connectivity index (χ1) is 5.83. The van der Waals surface area contributed by atoms with Gasteiger partial charge in [-0.2, -0.15) is 0 Å². The third kappa shape index (κ3) is 4.49. The van der Waals surface area contributed by atoms with Gasteiger partial charge in [0.15, 0.2) is 0 Å². The number of hydrogen-bond acceptors (Lipinski definition) is 1. The molecule has 0 aliphatic heterocycles. The number of rotatable bonds is 1. The average molecular weight is 274 g/mol. The molecule has 0 heterocycles. The van der Waals surface area contributed by atoms with Crippen LogP contribution in [0.15, 0.2) is 30.3 Å². The number of hydrogen-bond donors (Lipinski definition) is 0. The largest absolute Gasteiger partial charge is 0.298 e. The summed E-state index contributed by atoms with van der Waals surface area (Å²) < 4.78 is 1.05. The second-order valence-electron chi connectivity index (χ2n) is 2.70. The van der Waals surface area contributed by atoms with E-state index in [9.17, 15) is 4.79 Å². The third-order valence-electron chi connectivity index (χ3n) is 1.44. The Morgan fingerprint density at radius 3 is 2.00 bits per heavy atom. The minimum atomic E-state index is 0.729. The van der Waals surface area contributed by atoms with Crippen molar-refractivity contribution in [1.29, 1.82) is 0 Å². The van der Waals surface area contributed by atoms with Crippen LogP contribution in [-0.2, 0) is 0 Å². The SMILES string of the molecule is IC1CC1.O=Cc1ccccc1. The van der Waals surface area contributed by atoms with Gasteiger partial charge in [-0.1, -0.05) is 52.9 Å². The van der Waals surface area contributed by atoms with Crippen molar-refractivity contribution in [2.75, 3.05) is 0 Å². The van der Waals surface area contributed by atoms with Crippen LogP contribution in [0.5, 0.6) is 0 Å². The Hall–Kier alpha value is -0.380. The molecule has 1 saturated carbocycles. The number of halogens is 1. The van der Waals surface area contributed by atoms with Crippen LogP contribution in [0.4, 0.5) is 0 Å². The number of benzene rings is 1. The summed E-state index contributed by atoms with van der Waals surface area (Å²) in [6.07, 6.45) is 3.78.